The SMILES string of the molecule is Cc1ccc(N)cc1.Cc1ccc(NC(=O)CS)cc1.O=C(O)CS. The highest BCUT2D eigenvalue weighted by atomic mass is 32.1. The van der Waals surface area contributed by atoms with Crippen molar-refractivity contribution in [2.45, 2.75) is 13.8 Å². The van der Waals surface area contributed by atoms with Gasteiger partial charge in [0.25, 0.3) is 0 Å². The molecule has 0 saturated carbocycles. The highest BCUT2D eigenvalue weighted by Crippen LogP contribution is 2.08. The Labute approximate surface area is 159 Å². The van der Waals surface area contributed by atoms with Crippen LogP contribution in [0.15, 0.2) is 48.5 Å². The van der Waals surface area contributed by atoms with E-state index in [2.05, 4.69) is 30.6 Å². The zero-order valence-electron chi connectivity index (χ0n) is 14.3. The summed E-state index contributed by atoms with van der Waals surface area (Å²) in [7, 11) is 0. The molecule has 2 aromatic carbocycles. The molecule has 1 amide bonds. The Kier molecular flexibility index (Phi) is 12.1. The number of aliphatic carboxylic acids is 1. The molecule has 0 atom stereocenters. The number of carbonyl (C=O) groups is 2. The Morgan fingerprint density at radius 3 is 1.64 bits per heavy atom. The molecular formula is C18H24N2O3S2. The van der Waals surface area contributed by atoms with E-state index >= 15 is 0 Å². The van der Waals surface area contributed by atoms with Gasteiger partial charge in [-0.25, -0.2) is 0 Å². The van der Waals surface area contributed by atoms with Crippen molar-refractivity contribution in [3.8, 4) is 0 Å². The number of rotatable bonds is 3. The molecule has 0 aliphatic rings. The average molecular weight is 381 g/mol. The van der Waals surface area contributed by atoms with Crippen molar-refractivity contribution in [1.29, 1.82) is 0 Å². The molecule has 0 fully saturated rings. The number of hydrogen-bond acceptors (Lipinski definition) is 5. The maximum absolute atomic E-state index is 10.9. The molecule has 0 unspecified atom stereocenters. The van der Waals surface area contributed by atoms with Crippen LogP contribution < -0.4 is 11.1 Å². The summed E-state index contributed by atoms with van der Waals surface area (Å²) in [6.45, 7) is 4.05. The number of carbonyl (C=O) groups excluding carboxylic acids is 1. The molecule has 0 radical (unpaired) electrons. The van der Waals surface area contributed by atoms with Crippen molar-refractivity contribution >= 4 is 48.5 Å². The lowest BCUT2D eigenvalue weighted by Gasteiger charge is -2.02. The molecule has 2 aromatic rings. The zero-order valence-corrected chi connectivity index (χ0v) is 16.1. The third kappa shape index (κ3) is 12.9. The number of anilines is 2. The van der Waals surface area contributed by atoms with Gasteiger partial charge in [-0.3, -0.25) is 9.59 Å². The molecule has 0 aliphatic heterocycles. The molecule has 0 spiro atoms. The molecule has 5 nitrogen and oxygen atoms in total. The second-order valence-corrected chi connectivity index (χ2v) is 5.67. The van der Waals surface area contributed by atoms with E-state index in [0.29, 0.717) is 0 Å². The molecule has 136 valence electrons. The number of nitrogen functional groups attached to an aromatic ring is 1. The minimum absolute atomic E-state index is 0.0813. The minimum atomic E-state index is -0.881. The van der Waals surface area contributed by atoms with Crippen LogP contribution in [0.4, 0.5) is 11.4 Å². The van der Waals surface area contributed by atoms with Crippen molar-refractivity contribution < 1.29 is 14.7 Å². The summed E-state index contributed by atoms with van der Waals surface area (Å²) in [5.41, 5.74) is 9.50. The Morgan fingerprint density at radius 2 is 1.32 bits per heavy atom. The second-order valence-electron chi connectivity index (χ2n) is 5.03. The highest BCUT2D eigenvalue weighted by Gasteiger charge is 1.97. The van der Waals surface area contributed by atoms with E-state index in [-0.39, 0.29) is 17.4 Å². The van der Waals surface area contributed by atoms with Gasteiger partial charge < -0.3 is 16.2 Å². The first-order valence-electron chi connectivity index (χ1n) is 7.40. The van der Waals surface area contributed by atoms with Crippen molar-refractivity contribution in [3.05, 3.63) is 59.7 Å². The summed E-state index contributed by atoms with van der Waals surface area (Å²) >= 11 is 7.27. The number of benzene rings is 2. The lowest BCUT2D eigenvalue weighted by Crippen LogP contribution is -2.12. The fourth-order valence-electron chi connectivity index (χ4n) is 1.40. The highest BCUT2D eigenvalue weighted by molar-refractivity contribution is 7.81. The van der Waals surface area contributed by atoms with Gasteiger partial charge in [-0.05, 0) is 38.1 Å². The van der Waals surface area contributed by atoms with E-state index in [1.54, 1.807) is 0 Å². The van der Waals surface area contributed by atoms with Crippen LogP contribution in [-0.4, -0.2) is 28.5 Å². The second kappa shape index (κ2) is 13.2. The van der Waals surface area contributed by atoms with E-state index in [1.165, 1.54) is 11.1 Å². The third-order valence-corrected chi connectivity index (χ3v) is 3.25. The number of aryl methyl sites for hydroxylation is 2. The van der Waals surface area contributed by atoms with Crippen LogP contribution in [0.1, 0.15) is 11.1 Å². The lowest BCUT2D eigenvalue weighted by molar-refractivity contribution is -0.133. The number of hydrogen-bond donors (Lipinski definition) is 5. The standard InChI is InChI=1S/C9H11NOS.C7H9N.C2H4O2S/c1-7-2-4-8(5-3-7)10-9(11)6-12;1-6-2-4-7(8)5-3-6;3-2(4)1-5/h2-5,12H,6H2,1H3,(H,10,11);2-5H,8H2,1H3;5H,1H2,(H,3,4). The largest absolute Gasteiger partial charge is 0.481 e. The lowest BCUT2D eigenvalue weighted by atomic mass is 10.2. The number of carboxylic acid groups (broad SMARTS) is 1. The van der Waals surface area contributed by atoms with Gasteiger partial charge in [0.1, 0.15) is 0 Å². The Hall–Kier alpha value is -2.12. The summed E-state index contributed by atoms with van der Waals surface area (Å²) < 4.78 is 0. The van der Waals surface area contributed by atoms with Crippen molar-refractivity contribution in [1.82, 2.24) is 0 Å². The van der Waals surface area contributed by atoms with E-state index in [4.69, 9.17) is 10.8 Å². The normalized spacial score (nSPS) is 8.96. The molecule has 2 rings (SSSR count). The maximum atomic E-state index is 10.9. The number of nitrogens with one attached hydrogen (secondary N) is 1. The Bertz CT molecular complexity index is 623. The molecule has 0 bridgehead atoms. The van der Waals surface area contributed by atoms with E-state index in [0.717, 1.165) is 11.4 Å². The van der Waals surface area contributed by atoms with Crippen LogP contribution in [0.5, 0.6) is 0 Å². The monoisotopic (exact) mass is 380 g/mol. The van der Waals surface area contributed by atoms with E-state index < -0.39 is 5.97 Å². The number of amides is 1. The fraction of sp³-hybridized carbons (Fsp3) is 0.222. The van der Waals surface area contributed by atoms with Crippen LogP contribution in [0, 0.1) is 13.8 Å². The van der Waals surface area contributed by atoms with Gasteiger partial charge in [0.15, 0.2) is 0 Å². The van der Waals surface area contributed by atoms with Crippen molar-refractivity contribution in [2.75, 3.05) is 22.6 Å². The van der Waals surface area contributed by atoms with Crippen LogP contribution in [0.3, 0.4) is 0 Å². The minimum Gasteiger partial charge on any atom is -0.481 e. The predicted octanol–water partition coefficient (Wildman–Crippen LogP) is 3.44. The first kappa shape index (κ1) is 22.9. The predicted molar refractivity (Wildman–Crippen MR) is 111 cm³/mol. The average Bonchev–Trinajstić information content (AvgIpc) is 2.60. The maximum Gasteiger partial charge on any atom is 0.313 e. The molecule has 0 aromatic heterocycles. The van der Waals surface area contributed by atoms with Gasteiger partial charge in [-0.1, -0.05) is 35.4 Å². The van der Waals surface area contributed by atoms with Crippen LogP contribution >= 0.6 is 25.3 Å². The zero-order chi connectivity index (χ0) is 19.2. The van der Waals surface area contributed by atoms with Gasteiger partial charge in [-0.2, -0.15) is 25.3 Å². The summed E-state index contributed by atoms with van der Waals surface area (Å²) in [6.07, 6.45) is 0. The smallest absolute Gasteiger partial charge is 0.313 e. The molecule has 4 N–H and O–H groups in total. The Balaban J connectivity index is 0.000000382. The fourth-order valence-corrected chi connectivity index (χ4v) is 1.48. The van der Waals surface area contributed by atoms with Gasteiger partial charge >= 0.3 is 5.97 Å². The van der Waals surface area contributed by atoms with Crippen LogP contribution in [0.25, 0.3) is 0 Å². The van der Waals surface area contributed by atoms with Crippen LogP contribution in [-0.2, 0) is 9.59 Å². The number of nitrogens with two attached hydrogens (primary N) is 1. The Morgan fingerprint density at radius 1 is 0.920 bits per heavy atom. The molecule has 25 heavy (non-hydrogen) atoms. The first-order chi connectivity index (χ1) is 11.8. The summed E-state index contributed by atoms with van der Waals surface area (Å²) in [5, 5.41) is 10.3. The van der Waals surface area contributed by atoms with Crippen molar-refractivity contribution in [3.63, 3.8) is 0 Å². The summed E-state index contributed by atoms with van der Waals surface area (Å²) in [5.74, 6) is -0.830. The summed E-state index contributed by atoms with van der Waals surface area (Å²) in [6, 6.07) is 15.4. The van der Waals surface area contributed by atoms with Crippen molar-refractivity contribution in [2.24, 2.45) is 0 Å². The molecule has 7 heteroatoms. The van der Waals surface area contributed by atoms with E-state index in [1.807, 2.05) is 62.4 Å². The van der Waals surface area contributed by atoms with Gasteiger partial charge in [0.05, 0.1) is 11.5 Å². The van der Waals surface area contributed by atoms with E-state index in [9.17, 15) is 9.59 Å². The topological polar surface area (TPSA) is 92.4 Å². The number of carboxylic acids is 1. The van der Waals surface area contributed by atoms with Gasteiger partial charge in [0.2, 0.25) is 5.91 Å². The molecule has 0 saturated heterocycles. The quantitative estimate of drug-likeness (QED) is 0.417. The van der Waals surface area contributed by atoms with Crippen LogP contribution in [0.2, 0.25) is 0 Å². The third-order valence-electron chi connectivity index (χ3n) is 2.69. The summed E-state index contributed by atoms with van der Waals surface area (Å²) in [4.78, 5) is 20.2. The molecule has 0 heterocycles. The first-order valence-corrected chi connectivity index (χ1v) is 8.67. The number of thiol groups is 2. The van der Waals surface area contributed by atoms with Gasteiger partial charge in [0, 0.05) is 11.4 Å². The van der Waals surface area contributed by atoms with Gasteiger partial charge in [-0.15, -0.1) is 0 Å². The molecular weight excluding hydrogens is 356 g/mol. The molecule has 0 aliphatic carbocycles.